The molecule has 1 aromatic rings. The highest BCUT2D eigenvalue weighted by Gasteiger charge is 2.34. The highest BCUT2D eigenvalue weighted by atomic mass is 35.6. The zero-order valence-electron chi connectivity index (χ0n) is 18.3. The number of anilines is 1. The van der Waals surface area contributed by atoms with Gasteiger partial charge in [-0.3, -0.25) is 4.79 Å². The normalized spacial score (nSPS) is 12.4. The molecule has 0 fully saturated rings. The van der Waals surface area contributed by atoms with Crippen LogP contribution in [0, 0.1) is 0 Å². The van der Waals surface area contributed by atoms with E-state index in [0.717, 1.165) is 19.3 Å². The number of hydrogen-bond acceptors (Lipinski definition) is 3. The molecule has 3 N–H and O–H groups in total. The maximum atomic E-state index is 12.3. The SMILES string of the molecule is CCCCCCCCCCCCCC(=O)N[C@@H](Nc1cccc(C(=O)O)c1)C(Cl)(Cl)Cl. The molecule has 0 bridgehead atoms. The molecule has 0 spiro atoms. The van der Waals surface area contributed by atoms with Gasteiger partial charge < -0.3 is 15.7 Å². The van der Waals surface area contributed by atoms with Gasteiger partial charge in [-0.25, -0.2) is 4.79 Å². The minimum atomic E-state index is -1.80. The fourth-order valence-electron chi connectivity index (χ4n) is 3.29. The number of halogens is 3. The van der Waals surface area contributed by atoms with E-state index in [9.17, 15) is 9.59 Å². The lowest BCUT2D eigenvalue weighted by Gasteiger charge is -2.27. The number of carbonyl (C=O) groups is 2. The van der Waals surface area contributed by atoms with Crippen molar-refractivity contribution in [3.05, 3.63) is 29.8 Å². The lowest BCUT2D eigenvalue weighted by Crippen LogP contribution is -2.49. The van der Waals surface area contributed by atoms with Gasteiger partial charge in [0.2, 0.25) is 9.70 Å². The van der Waals surface area contributed by atoms with Crippen LogP contribution < -0.4 is 10.6 Å². The molecule has 1 rings (SSSR count). The smallest absolute Gasteiger partial charge is 0.335 e. The fraction of sp³-hybridized carbons (Fsp3) is 0.652. The Bertz CT molecular complexity index is 666. The Kier molecular flexibility index (Phi) is 14.0. The van der Waals surface area contributed by atoms with Crippen LogP contribution in [0.3, 0.4) is 0 Å². The zero-order chi connectivity index (χ0) is 23.1. The van der Waals surface area contributed by atoms with Gasteiger partial charge in [-0.15, -0.1) is 0 Å². The number of amides is 1. The number of rotatable bonds is 16. The summed E-state index contributed by atoms with van der Waals surface area (Å²) >= 11 is 18.0. The standard InChI is InChI=1S/C23H35Cl3N2O3/c1-2-3-4-5-6-7-8-9-10-11-12-16-20(29)28-22(23(24,25)26)27-19-15-13-14-18(17-19)21(30)31/h13-15,17,22,27H,2-12,16H2,1H3,(H,28,29)(H,30,31)/t22-/m1/s1. The number of hydrogen-bond donors (Lipinski definition) is 3. The van der Waals surface area contributed by atoms with Gasteiger partial charge in [0, 0.05) is 12.1 Å². The van der Waals surface area contributed by atoms with Crippen molar-refractivity contribution in [3.8, 4) is 0 Å². The first-order valence-electron chi connectivity index (χ1n) is 11.2. The lowest BCUT2D eigenvalue weighted by atomic mass is 10.1. The Hall–Kier alpha value is -1.17. The minimum Gasteiger partial charge on any atom is -0.478 e. The molecule has 31 heavy (non-hydrogen) atoms. The van der Waals surface area contributed by atoms with Gasteiger partial charge in [-0.2, -0.15) is 0 Å². The molecule has 1 aromatic carbocycles. The number of benzene rings is 1. The molecule has 8 heteroatoms. The van der Waals surface area contributed by atoms with Crippen LogP contribution >= 0.6 is 34.8 Å². The summed E-state index contributed by atoms with van der Waals surface area (Å²) in [7, 11) is 0. The van der Waals surface area contributed by atoms with E-state index in [1.807, 2.05) is 0 Å². The van der Waals surface area contributed by atoms with Crippen molar-refractivity contribution >= 4 is 52.4 Å². The molecule has 0 saturated heterocycles. The molecule has 0 radical (unpaired) electrons. The monoisotopic (exact) mass is 492 g/mol. The van der Waals surface area contributed by atoms with E-state index in [1.165, 1.54) is 63.5 Å². The van der Waals surface area contributed by atoms with E-state index < -0.39 is 15.9 Å². The van der Waals surface area contributed by atoms with Crippen LogP contribution in [0.2, 0.25) is 0 Å². The molecule has 176 valence electrons. The van der Waals surface area contributed by atoms with Gasteiger partial charge in [0.25, 0.3) is 0 Å². The van der Waals surface area contributed by atoms with E-state index in [2.05, 4.69) is 17.6 Å². The maximum Gasteiger partial charge on any atom is 0.335 e. The Morgan fingerprint density at radius 2 is 1.48 bits per heavy atom. The Labute approximate surface area is 201 Å². The Balaban J connectivity index is 2.30. The first-order valence-corrected chi connectivity index (χ1v) is 12.3. The summed E-state index contributed by atoms with van der Waals surface area (Å²) in [6.07, 6.45) is 12.7. The summed E-state index contributed by atoms with van der Waals surface area (Å²) in [5.41, 5.74) is 0.534. The third kappa shape index (κ3) is 13.1. The van der Waals surface area contributed by atoms with Gasteiger partial charge in [0.05, 0.1) is 5.56 Å². The number of carboxylic acid groups (broad SMARTS) is 1. The lowest BCUT2D eigenvalue weighted by molar-refractivity contribution is -0.121. The summed E-state index contributed by atoms with van der Waals surface area (Å²) in [6, 6.07) is 6.10. The largest absolute Gasteiger partial charge is 0.478 e. The van der Waals surface area contributed by atoms with Gasteiger partial charge in [-0.1, -0.05) is 112 Å². The van der Waals surface area contributed by atoms with Crippen LogP contribution in [0.4, 0.5) is 5.69 Å². The summed E-state index contributed by atoms with van der Waals surface area (Å²) in [5, 5.41) is 14.7. The predicted molar refractivity (Wildman–Crippen MR) is 130 cm³/mol. The average molecular weight is 494 g/mol. The quantitative estimate of drug-likeness (QED) is 0.128. The van der Waals surface area contributed by atoms with Crippen molar-refractivity contribution in [1.82, 2.24) is 5.32 Å². The van der Waals surface area contributed by atoms with Crippen LogP contribution in [-0.2, 0) is 4.79 Å². The average Bonchev–Trinajstić information content (AvgIpc) is 2.71. The first-order chi connectivity index (χ1) is 14.7. The molecule has 0 aromatic heterocycles. The second kappa shape index (κ2) is 15.6. The molecule has 5 nitrogen and oxygen atoms in total. The number of carbonyl (C=O) groups excluding carboxylic acids is 1. The van der Waals surface area contributed by atoms with Crippen molar-refractivity contribution < 1.29 is 14.7 Å². The number of aromatic carboxylic acids is 1. The van der Waals surface area contributed by atoms with Crippen molar-refractivity contribution in [3.63, 3.8) is 0 Å². The van der Waals surface area contributed by atoms with E-state index in [1.54, 1.807) is 12.1 Å². The van der Waals surface area contributed by atoms with Gasteiger partial charge >= 0.3 is 5.97 Å². The number of nitrogens with one attached hydrogen (secondary N) is 2. The Morgan fingerprint density at radius 1 is 0.935 bits per heavy atom. The predicted octanol–water partition coefficient (Wildman–Crippen LogP) is 7.31. The number of alkyl halides is 3. The number of carboxylic acids is 1. The van der Waals surface area contributed by atoms with Gasteiger partial charge in [0.15, 0.2) is 0 Å². The van der Waals surface area contributed by atoms with Crippen molar-refractivity contribution in [1.29, 1.82) is 0 Å². The second-order valence-electron chi connectivity index (χ2n) is 7.86. The fourth-order valence-corrected chi connectivity index (χ4v) is 3.62. The Morgan fingerprint density at radius 3 is 2.00 bits per heavy atom. The van der Waals surface area contributed by atoms with Crippen LogP contribution in [0.25, 0.3) is 0 Å². The molecule has 1 amide bonds. The van der Waals surface area contributed by atoms with Crippen LogP contribution in [0.1, 0.15) is 94.3 Å². The molecule has 0 aliphatic heterocycles. The highest BCUT2D eigenvalue weighted by molar-refractivity contribution is 6.68. The van der Waals surface area contributed by atoms with Gasteiger partial charge in [0.1, 0.15) is 6.17 Å². The van der Waals surface area contributed by atoms with Gasteiger partial charge in [-0.05, 0) is 24.6 Å². The first kappa shape index (κ1) is 27.9. The second-order valence-corrected chi connectivity index (χ2v) is 10.2. The van der Waals surface area contributed by atoms with Crippen LogP contribution in [0.5, 0.6) is 0 Å². The summed E-state index contributed by atoms with van der Waals surface area (Å²) in [5.74, 6) is -1.27. The van der Waals surface area contributed by atoms with E-state index in [0.29, 0.717) is 12.1 Å². The molecular weight excluding hydrogens is 459 g/mol. The maximum absolute atomic E-state index is 12.3. The van der Waals surface area contributed by atoms with Crippen molar-refractivity contribution in [2.24, 2.45) is 0 Å². The van der Waals surface area contributed by atoms with Crippen LogP contribution in [-0.4, -0.2) is 26.9 Å². The molecule has 0 saturated carbocycles. The van der Waals surface area contributed by atoms with Crippen molar-refractivity contribution in [2.45, 2.75) is 93.9 Å². The summed E-state index contributed by atoms with van der Waals surface area (Å²) < 4.78 is -1.80. The zero-order valence-corrected chi connectivity index (χ0v) is 20.5. The topological polar surface area (TPSA) is 78.4 Å². The summed E-state index contributed by atoms with van der Waals surface area (Å²) in [4.78, 5) is 23.4. The van der Waals surface area contributed by atoms with E-state index >= 15 is 0 Å². The summed E-state index contributed by atoms with van der Waals surface area (Å²) in [6.45, 7) is 2.23. The third-order valence-corrected chi connectivity index (χ3v) is 5.72. The van der Waals surface area contributed by atoms with Crippen molar-refractivity contribution in [2.75, 3.05) is 5.32 Å². The molecule has 0 aliphatic rings. The number of unbranched alkanes of at least 4 members (excludes halogenated alkanes) is 10. The van der Waals surface area contributed by atoms with E-state index in [-0.39, 0.29) is 11.5 Å². The molecule has 0 heterocycles. The van der Waals surface area contributed by atoms with Crippen LogP contribution in [0.15, 0.2) is 24.3 Å². The minimum absolute atomic E-state index is 0.0975. The highest BCUT2D eigenvalue weighted by Crippen LogP contribution is 2.31. The molecule has 1 atom stereocenters. The molecular formula is C23H35Cl3N2O3. The third-order valence-electron chi connectivity index (χ3n) is 5.06. The van der Waals surface area contributed by atoms with E-state index in [4.69, 9.17) is 39.9 Å². The molecule has 0 unspecified atom stereocenters. The molecule has 0 aliphatic carbocycles.